The molecule has 3 aliphatic rings. The summed E-state index contributed by atoms with van der Waals surface area (Å²) in [7, 11) is 0. The third-order valence-corrected chi connectivity index (χ3v) is 6.41. The Morgan fingerprint density at radius 3 is 2.71 bits per heavy atom. The van der Waals surface area contributed by atoms with Gasteiger partial charge in [-0.3, -0.25) is 4.79 Å². The fourth-order valence-electron chi connectivity index (χ4n) is 5.04. The van der Waals surface area contributed by atoms with Crippen LogP contribution in [-0.4, -0.2) is 17.0 Å². The topological polar surface area (TPSA) is 37.3 Å². The molecule has 0 aromatic rings. The zero-order chi connectivity index (χ0) is 15.4. The van der Waals surface area contributed by atoms with E-state index >= 15 is 0 Å². The fraction of sp³-hybridized carbons (Fsp3) is 0.737. The van der Waals surface area contributed by atoms with Crippen molar-refractivity contribution >= 4 is 5.78 Å². The Labute approximate surface area is 128 Å². The van der Waals surface area contributed by atoms with E-state index in [2.05, 4.69) is 27.4 Å². The number of carbonyl (C=O) groups is 1. The first-order valence-corrected chi connectivity index (χ1v) is 8.35. The van der Waals surface area contributed by atoms with Crippen LogP contribution in [0.2, 0.25) is 0 Å². The summed E-state index contributed by atoms with van der Waals surface area (Å²) in [5, 5.41) is 10.7. The first-order valence-electron chi connectivity index (χ1n) is 8.35. The van der Waals surface area contributed by atoms with Gasteiger partial charge in [0.25, 0.3) is 0 Å². The second-order valence-corrected chi connectivity index (χ2v) is 8.41. The second-order valence-electron chi connectivity index (χ2n) is 8.41. The van der Waals surface area contributed by atoms with Gasteiger partial charge in [-0.1, -0.05) is 33.3 Å². The van der Waals surface area contributed by atoms with E-state index < -0.39 is 6.10 Å². The maximum Gasteiger partial charge on any atom is 0.159 e. The van der Waals surface area contributed by atoms with Gasteiger partial charge < -0.3 is 5.11 Å². The van der Waals surface area contributed by atoms with Crippen LogP contribution in [0.1, 0.15) is 59.3 Å². The first-order chi connectivity index (χ1) is 9.77. The molecular formula is C19H28O2. The summed E-state index contributed by atoms with van der Waals surface area (Å²) in [4.78, 5) is 12.7. The van der Waals surface area contributed by atoms with Crippen LogP contribution in [0.25, 0.3) is 0 Å². The van der Waals surface area contributed by atoms with Gasteiger partial charge in [0.2, 0.25) is 0 Å². The van der Waals surface area contributed by atoms with E-state index in [1.165, 1.54) is 12.8 Å². The van der Waals surface area contributed by atoms with Crippen LogP contribution in [-0.2, 0) is 4.79 Å². The molecule has 116 valence electrons. The number of hydrogen-bond donors (Lipinski definition) is 1. The molecule has 2 nitrogen and oxygen atoms in total. The molecule has 0 aromatic carbocycles. The normalized spacial score (nSPS) is 42.3. The van der Waals surface area contributed by atoms with Crippen LogP contribution < -0.4 is 0 Å². The zero-order valence-electron chi connectivity index (χ0n) is 13.6. The van der Waals surface area contributed by atoms with Gasteiger partial charge in [-0.2, -0.15) is 0 Å². The van der Waals surface area contributed by atoms with Crippen LogP contribution in [0.15, 0.2) is 23.8 Å². The van der Waals surface area contributed by atoms with Crippen LogP contribution in [0.5, 0.6) is 0 Å². The minimum atomic E-state index is -0.456. The Morgan fingerprint density at radius 2 is 2.05 bits per heavy atom. The number of allylic oxidation sites excluding steroid dienone is 2. The lowest BCUT2D eigenvalue weighted by Crippen LogP contribution is -2.46. The number of hydrogen-bond acceptors (Lipinski definition) is 2. The van der Waals surface area contributed by atoms with Gasteiger partial charge in [0.15, 0.2) is 5.78 Å². The number of rotatable bonds is 1. The molecule has 0 saturated heterocycles. The predicted molar refractivity (Wildman–Crippen MR) is 84.8 cm³/mol. The van der Waals surface area contributed by atoms with Gasteiger partial charge in [-0.15, -0.1) is 6.58 Å². The smallest absolute Gasteiger partial charge is 0.159 e. The number of Topliss-reactive ketones (excluding diaryl/α,β-unsaturated/α-hetero) is 1. The van der Waals surface area contributed by atoms with Gasteiger partial charge >= 0.3 is 0 Å². The molecular weight excluding hydrogens is 260 g/mol. The molecule has 0 aliphatic heterocycles. The minimum absolute atomic E-state index is 0.134. The summed E-state index contributed by atoms with van der Waals surface area (Å²) >= 11 is 0. The molecule has 0 spiro atoms. The Hall–Kier alpha value is -0.890. The summed E-state index contributed by atoms with van der Waals surface area (Å²) in [5.41, 5.74) is 2.12. The molecule has 1 saturated carbocycles. The third-order valence-electron chi connectivity index (χ3n) is 6.41. The molecule has 0 amide bonds. The van der Waals surface area contributed by atoms with Gasteiger partial charge in [0.1, 0.15) is 0 Å². The molecule has 0 unspecified atom stereocenters. The number of fused-ring (bicyclic) bond motifs is 2. The highest BCUT2D eigenvalue weighted by Crippen LogP contribution is 2.55. The van der Waals surface area contributed by atoms with Crippen LogP contribution in [0.3, 0.4) is 0 Å². The molecule has 0 aromatic heterocycles. The van der Waals surface area contributed by atoms with Crippen molar-refractivity contribution in [2.75, 3.05) is 0 Å². The zero-order valence-corrected chi connectivity index (χ0v) is 13.6. The molecule has 4 atom stereocenters. The van der Waals surface area contributed by atoms with E-state index in [9.17, 15) is 9.90 Å². The molecule has 1 fully saturated rings. The highest BCUT2D eigenvalue weighted by molar-refractivity contribution is 5.98. The monoisotopic (exact) mass is 288 g/mol. The molecule has 21 heavy (non-hydrogen) atoms. The van der Waals surface area contributed by atoms with Crippen molar-refractivity contribution in [1.82, 2.24) is 0 Å². The highest BCUT2D eigenvalue weighted by atomic mass is 16.3. The Morgan fingerprint density at radius 1 is 1.33 bits per heavy atom. The molecule has 0 bridgehead atoms. The van der Waals surface area contributed by atoms with Crippen LogP contribution >= 0.6 is 0 Å². The van der Waals surface area contributed by atoms with Crippen molar-refractivity contribution < 1.29 is 9.90 Å². The predicted octanol–water partition coefficient (Wildman–Crippen LogP) is 4.05. The van der Waals surface area contributed by atoms with Crippen molar-refractivity contribution in [1.29, 1.82) is 0 Å². The number of carbonyl (C=O) groups excluding carboxylic acids is 1. The fourth-order valence-corrected chi connectivity index (χ4v) is 5.04. The Balaban J connectivity index is 2.04. The van der Waals surface area contributed by atoms with Crippen molar-refractivity contribution in [3.05, 3.63) is 23.8 Å². The maximum atomic E-state index is 12.7. The van der Waals surface area contributed by atoms with Gasteiger partial charge in [0.05, 0.1) is 6.10 Å². The van der Waals surface area contributed by atoms with E-state index in [0.717, 1.165) is 24.0 Å². The van der Waals surface area contributed by atoms with E-state index in [1.807, 2.05) is 6.08 Å². The minimum Gasteiger partial charge on any atom is -0.389 e. The van der Waals surface area contributed by atoms with Crippen molar-refractivity contribution in [2.45, 2.75) is 65.4 Å². The van der Waals surface area contributed by atoms with Crippen LogP contribution in [0, 0.1) is 22.7 Å². The van der Waals surface area contributed by atoms with Gasteiger partial charge in [-0.05, 0) is 59.5 Å². The van der Waals surface area contributed by atoms with Gasteiger partial charge in [0, 0.05) is 6.42 Å². The standard InChI is InChI=1S/C19H28O2/c1-5-19(4)10-13-15(20)9-14-12(17(13)16(21)11-19)7-6-8-18(14,2)3/h5,12,14,16,21H,1,6-11H2,2-4H3/t12-,14+,16-,19+/m0/s1. The largest absolute Gasteiger partial charge is 0.389 e. The van der Waals surface area contributed by atoms with Crippen LogP contribution in [0.4, 0.5) is 0 Å². The van der Waals surface area contributed by atoms with E-state index in [1.54, 1.807) is 0 Å². The maximum absolute atomic E-state index is 12.7. The number of aliphatic hydroxyl groups is 1. The van der Waals surface area contributed by atoms with Crippen molar-refractivity contribution in [3.63, 3.8) is 0 Å². The van der Waals surface area contributed by atoms with Crippen molar-refractivity contribution in [2.24, 2.45) is 22.7 Å². The third kappa shape index (κ3) is 2.32. The number of ketones is 1. The lowest BCUT2D eigenvalue weighted by Gasteiger charge is -2.51. The molecule has 0 heterocycles. The molecule has 3 aliphatic carbocycles. The van der Waals surface area contributed by atoms with Crippen molar-refractivity contribution in [3.8, 4) is 0 Å². The summed E-state index contributed by atoms with van der Waals surface area (Å²) < 4.78 is 0. The SMILES string of the molecule is C=C[C@]1(C)CC2=C([C@H]3CCCC(C)(C)[C@@H]3CC2=O)[C@@H](O)C1. The average Bonchev–Trinajstić information content (AvgIpc) is 2.40. The average molecular weight is 288 g/mol. The molecule has 0 radical (unpaired) electrons. The van der Waals surface area contributed by atoms with E-state index in [0.29, 0.717) is 24.7 Å². The first kappa shape index (κ1) is 15.0. The van der Waals surface area contributed by atoms with E-state index in [4.69, 9.17) is 0 Å². The molecule has 1 N–H and O–H groups in total. The number of aliphatic hydroxyl groups excluding tert-OH is 1. The summed E-state index contributed by atoms with van der Waals surface area (Å²) in [5.74, 6) is 1.12. The summed E-state index contributed by atoms with van der Waals surface area (Å²) in [6, 6.07) is 0. The van der Waals surface area contributed by atoms with E-state index in [-0.39, 0.29) is 16.6 Å². The summed E-state index contributed by atoms with van der Waals surface area (Å²) in [6.45, 7) is 10.6. The Kier molecular flexibility index (Phi) is 3.44. The summed E-state index contributed by atoms with van der Waals surface area (Å²) in [6.07, 6.45) is 7.18. The lowest BCUT2D eigenvalue weighted by molar-refractivity contribution is -0.121. The van der Waals surface area contributed by atoms with Gasteiger partial charge in [-0.25, -0.2) is 0 Å². The quantitative estimate of drug-likeness (QED) is 0.739. The second kappa shape index (κ2) is 4.81. The lowest BCUT2D eigenvalue weighted by atomic mass is 9.54. The molecule has 2 heteroatoms. The highest BCUT2D eigenvalue weighted by Gasteiger charge is 2.50. The Bertz CT molecular complexity index is 514. The molecule has 3 rings (SSSR count).